The molecule has 0 amide bonds. The van der Waals surface area contributed by atoms with Gasteiger partial charge in [0, 0.05) is 6.04 Å². The van der Waals surface area contributed by atoms with E-state index in [1.54, 1.807) is 0 Å². The summed E-state index contributed by atoms with van der Waals surface area (Å²) in [6.07, 6.45) is 2.41. The fourth-order valence-electron chi connectivity index (χ4n) is 1.46. The highest BCUT2D eigenvalue weighted by atomic mass is 32.2. The van der Waals surface area contributed by atoms with E-state index in [1.165, 1.54) is 17.9 Å². The Hall–Kier alpha value is -0.510. The minimum absolute atomic E-state index is 0.444. The van der Waals surface area contributed by atoms with E-state index in [-0.39, 0.29) is 0 Å². The SMILES string of the molecule is CC(C)n1nnc2c1CCCS2. The molecular formula is C8H13N3S. The van der Waals surface area contributed by atoms with Gasteiger partial charge in [0.25, 0.3) is 0 Å². The quantitative estimate of drug-likeness (QED) is 0.666. The third-order valence-corrected chi connectivity index (χ3v) is 3.12. The molecule has 2 heterocycles. The first-order valence-electron chi connectivity index (χ1n) is 4.36. The second kappa shape index (κ2) is 3.09. The molecule has 0 saturated heterocycles. The fourth-order valence-corrected chi connectivity index (χ4v) is 2.39. The topological polar surface area (TPSA) is 30.7 Å². The van der Waals surface area contributed by atoms with E-state index in [4.69, 9.17) is 0 Å². The van der Waals surface area contributed by atoms with Crippen LogP contribution in [-0.4, -0.2) is 20.7 Å². The standard InChI is InChI=1S/C8H13N3S/c1-6(2)11-7-4-3-5-12-8(7)9-10-11/h6H,3-5H2,1-2H3. The lowest BCUT2D eigenvalue weighted by atomic mass is 10.2. The first kappa shape index (κ1) is 8.10. The van der Waals surface area contributed by atoms with Crippen molar-refractivity contribution in [1.82, 2.24) is 15.0 Å². The molecule has 1 aromatic heterocycles. The van der Waals surface area contributed by atoms with Gasteiger partial charge in [-0.15, -0.1) is 16.9 Å². The smallest absolute Gasteiger partial charge is 0.142 e. The highest BCUT2D eigenvalue weighted by Gasteiger charge is 2.18. The van der Waals surface area contributed by atoms with Gasteiger partial charge in [0.2, 0.25) is 0 Å². The van der Waals surface area contributed by atoms with Crippen molar-refractivity contribution in [2.75, 3.05) is 5.75 Å². The van der Waals surface area contributed by atoms with Gasteiger partial charge < -0.3 is 0 Å². The number of hydrogen-bond donors (Lipinski definition) is 0. The molecule has 2 rings (SSSR count). The first-order chi connectivity index (χ1) is 5.79. The molecule has 66 valence electrons. The molecule has 4 heteroatoms. The molecule has 0 aromatic carbocycles. The van der Waals surface area contributed by atoms with Crippen LogP contribution in [0.2, 0.25) is 0 Å². The van der Waals surface area contributed by atoms with Gasteiger partial charge in [-0.1, -0.05) is 5.21 Å². The van der Waals surface area contributed by atoms with Crippen LogP contribution >= 0.6 is 11.8 Å². The van der Waals surface area contributed by atoms with E-state index < -0.39 is 0 Å². The molecule has 0 unspecified atom stereocenters. The van der Waals surface area contributed by atoms with Gasteiger partial charge >= 0.3 is 0 Å². The maximum absolute atomic E-state index is 4.15. The number of thioether (sulfide) groups is 1. The Labute approximate surface area is 76.5 Å². The fraction of sp³-hybridized carbons (Fsp3) is 0.750. The zero-order valence-electron chi connectivity index (χ0n) is 7.45. The third kappa shape index (κ3) is 1.24. The normalized spacial score (nSPS) is 16.6. The minimum atomic E-state index is 0.444. The van der Waals surface area contributed by atoms with Crippen LogP contribution < -0.4 is 0 Å². The molecule has 0 atom stereocenters. The van der Waals surface area contributed by atoms with Crippen molar-refractivity contribution in [3.8, 4) is 0 Å². The van der Waals surface area contributed by atoms with Gasteiger partial charge in [-0.05, 0) is 32.4 Å². The Balaban J connectivity index is 2.38. The second-order valence-electron chi connectivity index (χ2n) is 3.33. The number of hydrogen-bond acceptors (Lipinski definition) is 3. The zero-order valence-corrected chi connectivity index (χ0v) is 8.27. The molecule has 1 aliphatic rings. The van der Waals surface area contributed by atoms with Crippen LogP contribution in [0.1, 0.15) is 32.0 Å². The Morgan fingerprint density at radius 3 is 3.08 bits per heavy atom. The summed E-state index contributed by atoms with van der Waals surface area (Å²) in [7, 11) is 0. The summed E-state index contributed by atoms with van der Waals surface area (Å²) in [5.74, 6) is 1.20. The summed E-state index contributed by atoms with van der Waals surface area (Å²) in [6, 6.07) is 0.444. The predicted molar refractivity (Wildman–Crippen MR) is 49.5 cm³/mol. The zero-order chi connectivity index (χ0) is 8.55. The summed E-state index contributed by atoms with van der Waals surface area (Å²) in [5, 5.41) is 9.45. The molecule has 1 aliphatic heterocycles. The van der Waals surface area contributed by atoms with Gasteiger partial charge in [-0.3, -0.25) is 0 Å². The average molecular weight is 183 g/mol. The first-order valence-corrected chi connectivity index (χ1v) is 5.34. The third-order valence-electron chi connectivity index (χ3n) is 2.04. The number of rotatable bonds is 1. The molecule has 0 N–H and O–H groups in total. The molecule has 0 aliphatic carbocycles. The lowest BCUT2D eigenvalue weighted by molar-refractivity contribution is 0.492. The monoisotopic (exact) mass is 183 g/mol. The van der Waals surface area contributed by atoms with Crippen LogP contribution in [0.4, 0.5) is 0 Å². The van der Waals surface area contributed by atoms with E-state index in [9.17, 15) is 0 Å². The van der Waals surface area contributed by atoms with Crippen molar-refractivity contribution in [2.45, 2.75) is 37.8 Å². The molecular weight excluding hydrogens is 170 g/mol. The molecule has 0 bridgehead atoms. The van der Waals surface area contributed by atoms with E-state index in [0.29, 0.717) is 6.04 Å². The van der Waals surface area contributed by atoms with E-state index in [0.717, 1.165) is 11.4 Å². The van der Waals surface area contributed by atoms with Gasteiger partial charge in [-0.2, -0.15) is 0 Å². The van der Waals surface area contributed by atoms with Crippen LogP contribution in [0.15, 0.2) is 5.03 Å². The highest BCUT2D eigenvalue weighted by molar-refractivity contribution is 7.99. The van der Waals surface area contributed by atoms with Gasteiger partial charge in [0.1, 0.15) is 5.03 Å². The summed E-state index contributed by atoms with van der Waals surface area (Å²) in [6.45, 7) is 4.29. The van der Waals surface area contributed by atoms with Crippen molar-refractivity contribution in [3.05, 3.63) is 5.69 Å². The van der Waals surface area contributed by atoms with Crippen LogP contribution in [-0.2, 0) is 6.42 Å². The maximum Gasteiger partial charge on any atom is 0.142 e. The summed E-state index contributed by atoms with van der Waals surface area (Å²) < 4.78 is 2.04. The molecule has 1 aromatic rings. The van der Waals surface area contributed by atoms with Crippen molar-refractivity contribution in [2.24, 2.45) is 0 Å². The molecule has 12 heavy (non-hydrogen) atoms. The largest absolute Gasteiger partial charge is 0.246 e. The Bertz CT molecular complexity index is 280. The molecule has 0 saturated carbocycles. The van der Waals surface area contributed by atoms with E-state index in [2.05, 4.69) is 24.2 Å². The summed E-state index contributed by atoms with van der Waals surface area (Å²) in [5.41, 5.74) is 1.33. The molecule has 0 radical (unpaired) electrons. The Morgan fingerprint density at radius 2 is 2.33 bits per heavy atom. The van der Waals surface area contributed by atoms with Crippen LogP contribution in [0.25, 0.3) is 0 Å². The molecule has 3 nitrogen and oxygen atoms in total. The Kier molecular flexibility index (Phi) is 2.09. The van der Waals surface area contributed by atoms with E-state index >= 15 is 0 Å². The van der Waals surface area contributed by atoms with Gasteiger partial charge in [0.05, 0.1) is 5.69 Å². The van der Waals surface area contributed by atoms with Crippen molar-refractivity contribution in [3.63, 3.8) is 0 Å². The lowest BCUT2D eigenvalue weighted by Gasteiger charge is -2.13. The Morgan fingerprint density at radius 1 is 1.50 bits per heavy atom. The minimum Gasteiger partial charge on any atom is -0.246 e. The van der Waals surface area contributed by atoms with Crippen molar-refractivity contribution in [1.29, 1.82) is 0 Å². The maximum atomic E-state index is 4.15. The number of aromatic nitrogens is 3. The van der Waals surface area contributed by atoms with Gasteiger partial charge in [-0.25, -0.2) is 4.68 Å². The van der Waals surface area contributed by atoms with Crippen molar-refractivity contribution < 1.29 is 0 Å². The van der Waals surface area contributed by atoms with E-state index in [1.807, 2.05) is 16.4 Å². The lowest BCUT2D eigenvalue weighted by Crippen LogP contribution is -2.09. The average Bonchev–Trinajstić information content (AvgIpc) is 2.47. The second-order valence-corrected chi connectivity index (χ2v) is 4.42. The molecule has 0 fully saturated rings. The predicted octanol–water partition coefficient (Wildman–Crippen LogP) is 1.90. The number of fused-ring (bicyclic) bond motifs is 1. The van der Waals surface area contributed by atoms with Gasteiger partial charge in [0.15, 0.2) is 0 Å². The number of nitrogens with zero attached hydrogens (tertiary/aromatic N) is 3. The van der Waals surface area contributed by atoms with Crippen LogP contribution in [0.3, 0.4) is 0 Å². The highest BCUT2D eigenvalue weighted by Crippen LogP contribution is 2.28. The van der Waals surface area contributed by atoms with Crippen LogP contribution in [0.5, 0.6) is 0 Å². The van der Waals surface area contributed by atoms with Crippen LogP contribution in [0, 0.1) is 0 Å². The summed E-state index contributed by atoms with van der Waals surface area (Å²) >= 11 is 1.83. The van der Waals surface area contributed by atoms with Crippen molar-refractivity contribution >= 4 is 11.8 Å². The molecule has 0 spiro atoms. The summed E-state index contributed by atoms with van der Waals surface area (Å²) in [4.78, 5) is 0.